The number of hydrogen-bond donors (Lipinski definition) is 2. The summed E-state index contributed by atoms with van der Waals surface area (Å²) < 4.78 is 11.1. The van der Waals surface area contributed by atoms with Crippen molar-refractivity contribution in [1.82, 2.24) is 19.9 Å². The molecule has 1 aromatic carbocycles. The summed E-state index contributed by atoms with van der Waals surface area (Å²) in [5.41, 5.74) is 0.519. The quantitative estimate of drug-likeness (QED) is 0.353. The summed E-state index contributed by atoms with van der Waals surface area (Å²) in [6.45, 7) is 12.7. The zero-order valence-electron chi connectivity index (χ0n) is 29.0. The highest BCUT2D eigenvalue weighted by Gasteiger charge is 2.50. The SMILES string of the molecule is C[C@H]1COC(=O)N1c1cccc(N2c3nc(N(C(=O)OC(C)(C)C)c4ccc(N5CCN(C)CC5)cc4)ncc3[C@@](C)(CO)[C@H]2CCO)n1. The Morgan fingerprint density at radius 3 is 2.31 bits per heavy atom. The average molecular weight is 675 g/mol. The number of aliphatic hydroxyl groups is 2. The number of aliphatic hydroxyl groups excluding tert-OH is 2. The van der Waals surface area contributed by atoms with Gasteiger partial charge >= 0.3 is 12.2 Å². The molecule has 3 aliphatic heterocycles. The van der Waals surface area contributed by atoms with Gasteiger partial charge in [-0.3, -0.25) is 4.90 Å². The van der Waals surface area contributed by atoms with E-state index in [0.717, 1.165) is 31.9 Å². The Kier molecular flexibility index (Phi) is 9.40. The molecule has 14 heteroatoms. The second-order valence-electron chi connectivity index (χ2n) is 14.2. The van der Waals surface area contributed by atoms with E-state index in [1.165, 1.54) is 9.80 Å². The minimum atomic E-state index is -0.894. The largest absolute Gasteiger partial charge is 0.447 e. The molecule has 6 rings (SSSR count). The van der Waals surface area contributed by atoms with Crippen molar-refractivity contribution < 1.29 is 29.3 Å². The molecule has 2 saturated heterocycles. The van der Waals surface area contributed by atoms with E-state index in [-0.39, 0.29) is 38.2 Å². The number of anilines is 6. The fourth-order valence-electron chi connectivity index (χ4n) is 6.70. The van der Waals surface area contributed by atoms with Gasteiger partial charge in [0.15, 0.2) is 0 Å². The van der Waals surface area contributed by atoms with Crippen LogP contribution in [0.5, 0.6) is 0 Å². The van der Waals surface area contributed by atoms with Crippen LogP contribution in [-0.2, 0) is 14.9 Å². The Bertz CT molecular complexity index is 1680. The smallest absolute Gasteiger partial charge is 0.421 e. The van der Waals surface area contributed by atoms with Crippen LogP contribution in [0, 0.1) is 0 Å². The summed E-state index contributed by atoms with van der Waals surface area (Å²) in [5.74, 6) is 1.35. The Morgan fingerprint density at radius 1 is 1.04 bits per heavy atom. The topological polar surface area (TPSA) is 148 Å². The molecule has 0 saturated carbocycles. The first kappa shape index (κ1) is 34.3. The van der Waals surface area contributed by atoms with Crippen LogP contribution >= 0.6 is 0 Å². The lowest BCUT2D eigenvalue weighted by atomic mass is 9.79. The molecule has 0 bridgehead atoms. The molecule has 2 fully saturated rings. The van der Waals surface area contributed by atoms with Crippen molar-refractivity contribution in [3.8, 4) is 0 Å². The van der Waals surface area contributed by atoms with Gasteiger partial charge in [0.2, 0.25) is 5.95 Å². The number of rotatable bonds is 8. The molecule has 0 unspecified atom stereocenters. The summed E-state index contributed by atoms with van der Waals surface area (Å²) in [5, 5.41) is 21.0. The zero-order chi connectivity index (χ0) is 35.1. The highest BCUT2D eigenvalue weighted by Crippen LogP contribution is 2.49. The van der Waals surface area contributed by atoms with Gasteiger partial charge in [-0.15, -0.1) is 0 Å². The number of carbonyl (C=O) groups is 2. The molecule has 2 amide bonds. The van der Waals surface area contributed by atoms with Gasteiger partial charge in [0.25, 0.3) is 0 Å². The average Bonchev–Trinajstić information content (AvgIpc) is 3.53. The maximum atomic E-state index is 13.9. The maximum absolute atomic E-state index is 13.9. The first-order chi connectivity index (χ1) is 23.3. The number of likely N-dealkylation sites (N-methyl/N-ethyl adjacent to an activating group) is 1. The molecule has 3 atom stereocenters. The van der Waals surface area contributed by atoms with E-state index in [1.54, 1.807) is 45.2 Å². The minimum absolute atomic E-state index is 0.0724. The molecule has 0 radical (unpaired) electrons. The number of pyridine rings is 1. The van der Waals surface area contributed by atoms with Gasteiger partial charge in [-0.1, -0.05) is 13.0 Å². The van der Waals surface area contributed by atoms with Crippen LogP contribution in [0.1, 0.15) is 46.6 Å². The van der Waals surface area contributed by atoms with Crippen molar-refractivity contribution in [2.75, 3.05) is 72.6 Å². The van der Waals surface area contributed by atoms with Crippen molar-refractivity contribution in [2.24, 2.45) is 0 Å². The van der Waals surface area contributed by atoms with Gasteiger partial charge in [-0.2, -0.15) is 4.98 Å². The van der Waals surface area contributed by atoms with E-state index in [1.807, 2.05) is 43.0 Å². The molecule has 49 heavy (non-hydrogen) atoms. The van der Waals surface area contributed by atoms with Crippen LogP contribution in [0.15, 0.2) is 48.7 Å². The lowest BCUT2D eigenvalue weighted by Gasteiger charge is -2.34. The first-order valence-corrected chi connectivity index (χ1v) is 16.7. The van der Waals surface area contributed by atoms with E-state index in [2.05, 4.69) is 21.8 Å². The second kappa shape index (κ2) is 13.4. The van der Waals surface area contributed by atoms with Crippen LogP contribution in [-0.4, -0.2) is 113 Å². The second-order valence-corrected chi connectivity index (χ2v) is 14.2. The Morgan fingerprint density at radius 2 is 1.71 bits per heavy atom. The first-order valence-electron chi connectivity index (χ1n) is 16.7. The number of piperazine rings is 1. The Hall–Kier alpha value is -4.53. The van der Waals surface area contributed by atoms with Crippen LogP contribution < -0.4 is 19.6 Å². The monoisotopic (exact) mass is 674 g/mol. The summed E-state index contributed by atoms with van der Waals surface area (Å²) >= 11 is 0. The number of benzene rings is 1. The zero-order valence-corrected chi connectivity index (χ0v) is 29.0. The number of nitrogens with zero attached hydrogens (tertiary/aromatic N) is 8. The Labute approximate surface area is 286 Å². The third-order valence-corrected chi connectivity index (χ3v) is 9.43. The normalized spacial score (nSPS) is 22.7. The number of fused-ring (bicyclic) bond motifs is 1. The molecule has 0 spiro atoms. The molecule has 262 valence electrons. The lowest BCUT2D eigenvalue weighted by Crippen LogP contribution is -2.44. The van der Waals surface area contributed by atoms with Gasteiger partial charge in [-0.25, -0.2) is 24.5 Å². The predicted molar refractivity (Wildman–Crippen MR) is 186 cm³/mol. The summed E-state index contributed by atoms with van der Waals surface area (Å²) in [7, 11) is 2.11. The summed E-state index contributed by atoms with van der Waals surface area (Å²) in [6, 6.07) is 12.3. The summed E-state index contributed by atoms with van der Waals surface area (Å²) in [4.78, 5) is 50.3. The fraction of sp³-hybridized carbons (Fsp3) is 0.514. The maximum Gasteiger partial charge on any atom is 0.421 e. The molecule has 2 N–H and O–H groups in total. The summed E-state index contributed by atoms with van der Waals surface area (Å²) in [6.07, 6.45) is 0.767. The molecular weight excluding hydrogens is 628 g/mol. The van der Waals surface area contributed by atoms with Crippen molar-refractivity contribution in [3.63, 3.8) is 0 Å². The highest BCUT2D eigenvalue weighted by atomic mass is 16.6. The highest BCUT2D eigenvalue weighted by molar-refractivity contribution is 5.95. The molecule has 14 nitrogen and oxygen atoms in total. The van der Waals surface area contributed by atoms with Crippen LogP contribution in [0.4, 0.5) is 44.4 Å². The van der Waals surface area contributed by atoms with Crippen LogP contribution in [0.25, 0.3) is 0 Å². The molecule has 0 aliphatic carbocycles. The van der Waals surface area contributed by atoms with E-state index < -0.39 is 29.2 Å². The van der Waals surface area contributed by atoms with E-state index in [0.29, 0.717) is 28.7 Å². The van der Waals surface area contributed by atoms with Gasteiger partial charge in [0, 0.05) is 55.6 Å². The lowest BCUT2D eigenvalue weighted by molar-refractivity contribution is 0.0597. The third-order valence-electron chi connectivity index (χ3n) is 9.43. The van der Waals surface area contributed by atoms with E-state index in [9.17, 15) is 19.8 Å². The van der Waals surface area contributed by atoms with Gasteiger partial charge in [0.1, 0.15) is 29.7 Å². The van der Waals surface area contributed by atoms with Crippen molar-refractivity contribution in [2.45, 2.75) is 64.1 Å². The molecular formula is C35H46N8O6. The molecule has 5 heterocycles. The number of ether oxygens (including phenoxy) is 2. The standard InChI is InChI=1S/C35H46N8O6/c1-23-21-48-32(46)41(23)28-8-7-9-29(37-28)43-27(14-19-44)35(5,22-45)26-20-36-31(38-30(26)43)42(33(47)49-34(2,3)4)25-12-10-24(11-13-25)40-17-15-39(6)16-18-40/h7-13,20,23,27,44-45H,14-19,21-22H2,1-6H3/t23-,27+,35+/m0/s1. The fourth-order valence-corrected chi connectivity index (χ4v) is 6.70. The number of carbonyl (C=O) groups excluding carboxylic acids is 2. The van der Waals surface area contributed by atoms with Crippen molar-refractivity contribution in [1.29, 1.82) is 0 Å². The van der Waals surface area contributed by atoms with Crippen molar-refractivity contribution >= 4 is 47.0 Å². The van der Waals surface area contributed by atoms with E-state index in [4.69, 9.17) is 19.4 Å². The minimum Gasteiger partial charge on any atom is -0.447 e. The van der Waals surface area contributed by atoms with Gasteiger partial charge < -0.3 is 34.4 Å². The molecule has 2 aromatic heterocycles. The number of cyclic esters (lactones) is 1. The van der Waals surface area contributed by atoms with Gasteiger partial charge in [-0.05, 0) is 77.6 Å². The number of aromatic nitrogens is 3. The van der Waals surface area contributed by atoms with Crippen LogP contribution in [0.3, 0.4) is 0 Å². The van der Waals surface area contributed by atoms with Crippen LogP contribution in [0.2, 0.25) is 0 Å². The Balaban J connectivity index is 1.44. The predicted octanol–water partition coefficient (Wildman–Crippen LogP) is 4.19. The molecule has 3 aromatic rings. The number of hydrogen-bond acceptors (Lipinski definition) is 12. The number of amides is 2. The van der Waals surface area contributed by atoms with E-state index >= 15 is 0 Å². The third kappa shape index (κ3) is 6.59. The molecule has 3 aliphatic rings. The van der Waals surface area contributed by atoms with Gasteiger partial charge in [0.05, 0.1) is 24.4 Å². The van der Waals surface area contributed by atoms with Crippen molar-refractivity contribution in [3.05, 3.63) is 54.2 Å².